The van der Waals surface area contributed by atoms with E-state index in [1.54, 1.807) is 0 Å². The zero-order valence-corrected chi connectivity index (χ0v) is 15.3. The van der Waals surface area contributed by atoms with Crippen molar-refractivity contribution < 1.29 is 4.74 Å². The molecule has 1 aromatic heterocycles. The number of ether oxygens (including phenoxy) is 1. The van der Waals surface area contributed by atoms with Crippen LogP contribution in [0.3, 0.4) is 0 Å². The minimum atomic E-state index is 0.315. The Labute approximate surface area is 149 Å². The zero-order valence-electron chi connectivity index (χ0n) is 15.3. The lowest BCUT2D eigenvalue weighted by Crippen LogP contribution is -2.23. The quantitative estimate of drug-likeness (QED) is 0.927. The molecular formula is C20H28N4O. The van der Waals surface area contributed by atoms with Crippen LogP contribution in [0.1, 0.15) is 66.5 Å². The molecule has 5 heteroatoms. The van der Waals surface area contributed by atoms with Crippen LogP contribution in [0.2, 0.25) is 0 Å². The van der Waals surface area contributed by atoms with Gasteiger partial charge in [-0.2, -0.15) is 0 Å². The van der Waals surface area contributed by atoms with Gasteiger partial charge in [0, 0.05) is 24.6 Å². The molecule has 0 fully saturated rings. The van der Waals surface area contributed by atoms with E-state index in [1.165, 1.54) is 36.0 Å². The highest BCUT2D eigenvalue weighted by Crippen LogP contribution is 2.34. The fourth-order valence-corrected chi connectivity index (χ4v) is 3.94. The van der Waals surface area contributed by atoms with Crippen molar-refractivity contribution in [3.05, 3.63) is 40.5 Å². The van der Waals surface area contributed by atoms with E-state index in [-0.39, 0.29) is 0 Å². The minimum absolute atomic E-state index is 0.315. The van der Waals surface area contributed by atoms with E-state index < -0.39 is 0 Å². The maximum atomic E-state index is 5.99. The van der Waals surface area contributed by atoms with E-state index in [9.17, 15) is 0 Å². The maximum Gasteiger partial charge on any atom is 0.147 e. The average Bonchev–Trinajstić information content (AvgIpc) is 2.77. The lowest BCUT2D eigenvalue weighted by atomic mass is 9.97. The third kappa shape index (κ3) is 3.43. The Kier molecular flexibility index (Phi) is 4.75. The SMILES string of the molecule is Cc1cc2c(cc1C)[C@H](NCc1nnc3n1CCCCC3)CCCO2. The Balaban J connectivity index is 1.54. The monoisotopic (exact) mass is 340 g/mol. The van der Waals surface area contributed by atoms with Gasteiger partial charge < -0.3 is 14.6 Å². The second-order valence-corrected chi connectivity index (χ2v) is 7.39. The predicted molar refractivity (Wildman–Crippen MR) is 97.8 cm³/mol. The minimum Gasteiger partial charge on any atom is -0.493 e. The molecule has 0 aliphatic carbocycles. The number of rotatable bonds is 3. The molecule has 1 atom stereocenters. The van der Waals surface area contributed by atoms with Crippen molar-refractivity contribution in [2.75, 3.05) is 6.61 Å². The summed E-state index contributed by atoms with van der Waals surface area (Å²) >= 11 is 0. The molecule has 5 nitrogen and oxygen atoms in total. The van der Waals surface area contributed by atoms with Gasteiger partial charge in [-0.15, -0.1) is 10.2 Å². The molecule has 2 aromatic rings. The second kappa shape index (κ2) is 7.16. The van der Waals surface area contributed by atoms with Crippen molar-refractivity contribution in [2.45, 2.75) is 71.5 Å². The van der Waals surface area contributed by atoms with Gasteiger partial charge in [0.15, 0.2) is 0 Å². The van der Waals surface area contributed by atoms with Gasteiger partial charge in [0.1, 0.15) is 17.4 Å². The highest BCUT2D eigenvalue weighted by atomic mass is 16.5. The molecule has 0 radical (unpaired) electrons. The van der Waals surface area contributed by atoms with E-state index in [1.807, 2.05) is 0 Å². The Bertz CT molecular complexity index is 752. The van der Waals surface area contributed by atoms with Crippen LogP contribution in [-0.2, 0) is 19.5 Å². The molecule has 25 heavy (non-hydrogen) atoms. The summed E-state index contributed by atoms with van der Waals surface area (Å²) in [4.78, 5) is 0. The summed E-state index contributed by atoms with van der Waals surface area (Å²) in [5.41, 5.74) is 3.91. The normalized spacial score (nSPS) is 20.2. The summed E-state index contributed by atoms with van der Waals surface area (Å²) < 4.78 is 8.31. The maximum absolute atomic E-state index is 5.99. The molecule has 4 rings (SSSR count). The molecule has 134 valence electrons. The summed E-state index contributed by atoms with van der Waals surface area (Å²) in [7, 11) is 0. The molecule has 2 aliphatic rings. The first kappa shape index (κ1) is 16.6. The molecule has 2 aliphatic heterocycles. The zero-order chi connectivity index (χ0) is 17.2. The first-order chi connectivity index (χ1) is 12.2. The number of hydrogen-bond donors (Lipinski definition) is 1. The largest absolute Gasteiger partial charge is 0.493 e. The van der Waals surface area contributed by atoms with E-state index in [2.05, 4.69) is 46.1 Å². The molecule has 3 heterocycles. The molecule has 0 saturated heterocycles. The smallest absolute Gasteiger partial charge is 0.147 e. The number of fused-ring (bicyclic) bond motifs is 2. The highest BCUT2D eigenvalue weighted by molar-refractivity contribution is 5.44. The van der Waals surface area contributed by atoms with Crippen molar-refractivity contribution in [1.29, 1.82) is 0 Å². The summed E-state index contributed by atoms with van der Waals surface area (Å²) in [5.74, 6) is 3.27. The van der Waals surface area contributed by atoms with Crippen LogP contribution in [0.4, 0.5) is 0 Å². The number of aromatic nitrogens is 3. The van der Waals surface area contributed by atoms with E-state index in [0.29, 0.717) is 6.04 Å². The molecular weight excluding hydrogens is 312 g/mol. The van der Waals surface area contributed by atoms with Gasteiger partial charge in [0.05, 0.1) is 13.2 Å². The predicted octanol–water partition coefficient (Wildman–Crippen LogP) is 3.62. The molecule has 0 spiro atoms. The standard InChI is InChI=1S/C20H28N4O/c1-14-11-16-17(7-6-10-25-18(16)12-15(14)2)21-13-20-23-22-19-8-4-3-5-9-24(19)20/h11-12,17,21H,3-10,13H2,1-2H3/t17-/m1/s1. The van der Waals surface area contributed by atoms with Gasteiger partial charge in [0.25, 0.3) is 0 Å². The van der Waals surface area contributed by atoms with Gasteiger partial charge in [-0.1, -0.05) is 12.5 Å². The van der Waals surface area contributed by atoms with Crippen molar-refractivity contribution in [1.82, 2.24) is 20.1 Å². The summed E-state index contributed by atoms with van der Waals surface area (Å²) in [6, 6.07) is 4.79. The van der Waals surface area contributed by atoms with Crippen molar-refractivity contribution >= 4 is 0 Å². The van der Waals surface area contributed by atoms with Crippen LogP contribution in [0, 0.1) is 13.8 Å². The molecule has 1 aromatic carbocycles. The van der Waals surface area contributed by atoms with Crippen LogP contribution >= 0.6 is 0 Å². The van der Waals surface area contributed by atoms with Gasteiger partial charge in [-0.3, -0.25) is 0 Å². The third-order valence-electron chi connectivity index (χ3n) is 5.59. The van der Waals surface area contributed by atoms with Crippen LogP contribution in [0.25, 0.3) is 0 Å². The van der Waals surface area contributed by atoms with Crippen molar-refractivity contribution in [3.63, 3.8) is 0 Å². The first-order valence-corrected chi connectivity index (χ1v) is 9.60. The Hall–Kier alpha value is -1.88. The Morgan fingerprint density at radius 3 is 2.92 bits per heavy atom. The fraction of sp³-hybridized carbons (Fsp3) is 0.600. The lowest BCUT2D eigenvalue weighted by molar-refractivity contribution is 0.315. The fourth-order valence-electron chi connectivity index (χ4n) is 3.94. The summed E-state index contributed by atoms with van der Waals surface area (Å²) in [6.45, 7) is 6.95. The molecule has 0 saturated carbocycles. The number of benzene rings is 1. The number of hydrogen-bond acceptors (Lipinski definition) is 4. The van der Waals surface area contributed by atoms with E-state index in [0.717, 1.165) is 56.4 Å². The number of nitrogens with one attached hydrogen (secondary N) is 1. The lowest BCUT2D eigenvalue weighted by Gasteiger charge is -2.20. The first-order valence-electron chi connectivity index (χ1n) is 9.60. The highest BCUT2D eigenvalue weighted by Gasteiger charge is 2.22. The van der Waals surface area contributed by atoms with Crippen LogP contribution in [0.5, 0.6) is 5.75 Å². The average molecular weight is 340 g/mol. The number of aryl methyl sites for hydroxylation is 3. The topological polar surface area (TPSA) is 52.0 Å². The number of nitrogens with zero attached hydrogens (tertiary/aromatic N) is 3. The van der Waals surface area contributed by atoms with Gasteiger partial charge >= 0.3 is 0 Å². The molecule has 0 amide bonds. The van der Waals surface area contributed by atoms with Gasteiger partial charge in [-0.25, -0.2) is 0 Å². The van der Waals surface area contributed by atoms with Crippen LogP contribution in [-0.4, -0.2) is 21.4 Å². The van der Waals surface area contributed by atoms with E-state index in [4.69, 9.17) is 4.74 Å². The van der Waals surface area contributed by atoms with Crippen molar-refractivity contribution in [3.8, 4) is 5.75 Å². The summed E-state index contributed by atoms with van der Waals surface area (Å²) in [5, 5.41) is 12.6. The van der Waals surface area contributed by atoms with E-state index >= 15 is 0 Å². The van der Waals surface area contributed by atoms with Crippen LogP contribution in [0.15, 0.2) is 12.1 Å². The van der Waals surface area contributed by atoms with Gasteiger partial charge in [-0.05, 0) is 56.7 Å². The van der Waals surface area contributed by atoms with Gasteiger partial charge in [0.2, 0.25) is 0 Å². The second-order valence-electron chi connectivity index (χ2n) is 7.39. The Morgan fingerprint density at radius 2 is 2.00 bits per heavy atom. The summed E-state index contributed by atoms with van der Waals surface area (Å²) in [6.07, 6.45) is 6.99. The van der Waals surface area contributed by atoms with Crippen LogP contribution < -0.4 is 10.1 Å². The molecule has 1 N–H and O–H groups in total. The Morgan fingerprint density at radius 1 is 1.12 bits per heavy atom. The van der Waals surface area contributed by atoms with Crippen molar-refractivity contribution in [2.24, 2.45) is 0 Å². The molecule has 0 bridgehead atoms. The third-order valence-corrected chi connectivity index (χ3v) is 5.59. The molecule has 0 unspecified atom stereocenters.